The van der Waals surface area contributed by atoms with Gasteiger partial charge in [0.25, 0.3) is 24.3 Å². The lowest BCUT2D eigenvalue weighted by atomic mass is 9.99. The van der Waals surface area contributed by atoms with Crippen LogP contribution < -0.4 is 31.1 Å². The zero-order valence-electron chi connectivity index (χ0n) is 33.0. The van der Waals surface area contributed by atoms with E-state index in [0.717, 1.165) is 5.69 Å². The first kappa shape index (κ1) is 42.1. The normalized spacial score (nSPS) is 16.9. The van der Waals surface area contributed by atoms with E-state index in [0.29, 0.717) is 81.4 Å². The molecule has 2 saturated heterocycles. The second-order valence-corrected chi connectivity index (χ2v) is 17.7. The molecule has 0 bridgehead atoms. The fourth-order valence-electron chi connectivity index (χ4n) is 6.81. The molecule has 62 heavy (non-hydrogen) atoms. The highest BCUT2D eigenvalue weighted by Crippen LogP contribution is 2.42. The molecule has 0 saturated carbocycles. The zero-order valence-corrected chi connectivity index (χ0v) is 34.6. The van der Waals surface area contributed by atoms with Crippen molar-refractivity contribution in [3.63, 3.8) is 0 Å². The lowest BCUT2D eigenvalue weighted by Gasteiger charge is -2.32. The highest BCUT2D eigenvalue weighted by molar-refractivity contribution is 8.05. The molecular formula is C40H42N12O8S2. The smallest absolute Gasteiger partial charge is 0.292 e. The number of ether oxygens (including phenoxy) is 2. The summed E-state index contributed by atoms with van der Waals surface area (Å²) < 4.78 is 81.5. The van der Waals surface area contributed by atoms with Crippen molar-refractivity contribution < 1.29 is 35.4 Å². The van der Waals surface area contributed by atoms with Crippen LogP contribution in [0.25, 0.3) is 6.08 Å². The van der Waals surface area contributed by atoms with Gasteiger partial charge in [0, 0.05) is 55.4 Å². The van der Waals surface area contributed by atoms with Gasteiger partial charge < -0.3 is 40.5 Å². The standard InChI is InChI=1S/C40H42N12O8S2/c53-61(54,55)40(62(56,57)58)27-33(44-37-46-35(42-31-9-5-2-6-10-31)48-39(50-37)52-21-25-60-26-22-52)18-15-29(40)14-11-28-12-16-32(17-13-28)43-36-45-34(41-30-7-3-1-4-8-30)47-38(49-36)51-19-23-59-24-20-51/h1-18H,19-27H2,(H,53,54,55)(H,56,57,58)(H2,41,43,45,47,49)(H2,42,44,46,48,50). The molecule has 3 aromatic carbocycles. The summed E-state index contributed by atoms with van der Waals surface area (Å²) in [6.07, 6.45) is 4.35. The number of hydrogen-bond acceptors (Lipinski definition) is 18. The Kier molecular flexibility index (Phi) is 12.4. The van der Waals surface area contributed by atoms with Gasteiger partial charge in [0.15, 0.2) is 0 Å². The maximum atomic E-state index is 13.1. The number of nitrogens with zero attached hydrogens (tertiary/aromatic N) is 8. The van der Waals surface area contributed by atoms with Gasteiger partial charge in [-0.25, -0.2) is 0 Å². The van der Waals surface area contributed by atoms with E-state index < -0.39 is 36.3 Å². The fourth-order valence-corrected chi connectivity index (χ4v) is 9.42. The van der Waals surface area contributed by atoms with Crippen LogP contribution in [0.4, 0.5) is 52.8 Å². The third kappa shape index (κ3) is 9.80. The van der Waals surface area contributed by atoms with E-state index >= 15 is 0 Å². The minimum Gasteiger partial charge on any atom is -0.378 e. The molecule has 0 amide bonds. The molecule has 20 nitrogen and oxygen atoms in total. The number of hydrogen-bond donors (Lipinski definition) is 6. The van der Waals surface area contributed by atoms with Crippen molar-refractivity contribution in [1.29, 1.82) is 0 Å². The Morgan fingerprint density at radius 2 is 0.952 bits per heavy atom. The molecule has 22 heteroatoms. The van der Waals surface area contributed by atoms with Crippen molar-refractivity contribution in [2.24, 2.45) is 0 Å². The Morgan fingerprint density at radius 1 is 0.532 bits per heavy atom. The van der Waals surface area contributed by atoms with E-state index in [2.05, 4.69) is 51.2 Å². The van der Waals surface area contributed by atoms with E-state index in [9.17, 15) is 25.9 Å². The van der Waals surface area contributed by atoms with Gasteiger partial charge in [-0.1, -0.05) is 66.8 Å². The largest absolute Gasteiger partial charge is 0.378 e. The number of para-hydroxylation sites is 2. The number of anilines is 9. The van der Waals surface area contributed by atoms with Gasteiger partial charge in [-0.2, -0.15) is 46.7 Å². The second kappa shape index (κ2) is 18.2. The van der Waals surface area contributed by atoms with E-state index in [-0.39, 0.29) is 29.5 Å². The quantitative estimate of drug-likeness (QED) is 0.0821. The monoisotopic (exact) mass is 882 g/mol. The maximum Gasteiger partial charge on any atom is 0.292 e. The molecule has 0 radical (unpaired) electrons. The van der Waals surface area contributed by atoms with Crippen LogP contribution in [-0.2, 0) is 29.7 Å². The molecule has 322 valence electrons. The van der Waals surface area contributed by atoms with Crippen molar-refractivity contribution in [1.82, 2.24) is 29.9 Å². The van der Waals surface area contributed by atoms with Crippen LogP contribution in [0.5, 0.6) is 0 Å². The third-order valence-electron chi connectivity index (χ3n) is 9.95. The molecule has 8 rings (SSSR count). The van der Waals surface area contributed by atoms with Crippen LogP contribution in [0.2, 0.25) is 0 Å². The Hall–Kier alpha value is -6.56. The number of rotatable bonds is 14. The van der Waals surface area contributed by atoms with E-state index in [1.807, 2.05) is 70.5 Å². The highest BCUT2D eigenvalue weighted by Gasteiger charge is 2.58. The van der Waals surface area contributed by atoms with E-state index in [1.165, 1.54) is 24.3 Å². The summed E-state index contributed by atoms with van der Waals surface area (Å²) in [5.41, 5.74) is 2.16. The third-order valence-corrected chi connectivity index (χ3v) is 13.6. The van der Waals surface area contributed by atoms with Gasteiger partial charge in [-0.15, -0.1) is 0 Å². The number of aromatic nitrogens is 6. The van der Waals surface area contributed by atoms with E-state index in [1.54, 1.807) is 24.3 Å². The molecule has 0 atom stereocenters. The van der Waals surface area contributed by atoms with Crippen LogP contribution in [0.15, 0.2) is 114 Å². The SMILES string of the molecule is O=S(=O)(O)C1(S(=O)(=O)O)CC(Nc2nc(Nc3ccccc3)nc(N3CCOCC3)n2)=CC=C1C=Cc1ccc(Nc2nc(Nc3ccccc3)nc(N3CCOCC3)n2)cc1. The summed E-state index contributed by atoms with van der Waals surface area (Å²) in [5.74, 6) is 1.46. The molecule has 2 aliphatic heterocycles. The molecular weight excluding hydrogens is 841 g/mol. The van der Waals surface area contributed by atoms with Gasteiger partial charge >= 0.3 is 0 Å². The number of morpholine rings is 2. The van der Waals surface area contributed by atoms with Crippen molar-refractivity contribution in [2.45, 2.75) is 10.5 Å². The van der Waals surface area contributed by atoms with Crippen molar-refractivity contribution in [3.05, 3.63) is 120 Å². The predicted molar refractivity (Wildman–Crippen MR) is 234 cm³/mol. The van der Waals surface area contributed by atoms with Crippen LogP contribution in [0.3, 0.4) is 0 Å². The van der Waals surface area contributed by atoms with Crippen molar-refractivity contribution in [2.75, 3.05) is 83.7 Å². The molecule has 1 aliphatic carbocycles. The summed E-state index contributed by atoms with van der Waals surface area (Å²) in [6, 6.07) is 25.4. The maximum absolute atomic E-state index is 13.1. The fraction of sp³-hybridized carbons (Fsp3) is 0.250. The Balaban J connectivity index is 1.05. The number of allylic oxidation sites excluding steroid dienone is 4. The minimum atomic E-state index is -5.55. The summed E-state index contributed by atoms with van der Waals surface area (Å²) in [5, 5.41) is 12.4. The Labute approximate surface area is 357 Å². The average Bonchev–Trinajstić information content (AvgIpc) is 3.27. The lowest BCUT2D eigenvalue weighted by Crippen LogP contribution is -2.49. The summed E-state index contributed by atoms with van der Waals surface area (Å²) in [6.45, 7) is 4.17. The number of nitrogens with one attached hydrogen (secondary N) is 4. The molecule has 2 fully saturated rings. The van der Waals surface area contributed by atoms with Crippen LogP contribution >= 0.6 is 0 Å². The van der Waals surface area contributed by atoms with Gasteiger partial charge in [0.05, 0.1) is 26.4 Å². The molecule has 0 spiro atoms. The van der Waals surface area contributed by atoms with Crippen LogP contribution in [0, 0.1) is 0 Å². The number of benzene rings is 3. The van der Waals surface area contributed by atoms with Crippen molar-refractivity contribution in [3.8, 4) is 0 Å². The van der Waals surface area contributed by atoms with Crippen LogP contribution in [-0.4, -0.2) is 113 Å². The first-order chi connectivity index (χ1) is 29.9. The Morgan fingerprint density at radius 3 is 1.39 bits per heavy atom. The first-order valence-corrected chi connectivity index (χ1v) is 22.3. The van der Waals surface area contributed by atoms with Gasteiger partial charge in [-0.3, -0.25) is 9.11 Å². The molecule has 3 aliphatic rings. The first-order valence-electron chi connectivity index (χ1n) is 19.4. The Bertz CT molecular complexity index is 2660. The van der Waals surface area contributed by atoms with Gasteiger partial charge in [-0.05, 0) is 53.6 Å². The minimum absolute atomic E-state index is 0.0325. The molecule has 0 unspecified atom stereocenters. The van der Waals surface area contributed by atoms with Gasteiger partial charge in [0.1, 0.15) is 0 Å². The zero-order chi connectivity index (χ0) is 43.2. The van der Waals surface area contributed by atoms with Crippen molar-refractivity contribution >= 4 is 79.1 Å². The molecule has 2 aromatic heterocycles. The lowest BCUT2D eigenvalue weighted by molar-refractivity contribution is 0.122. The topological polar surface area (TPSA) is 259 Å². The molecule has 5 aromatic rings. The second-order valence-electron chi connectivity index (χ2n) is 14.1. The highest BCUT2D eigenvalue weighted by atomic mass is 32.3. The predicted octanol–water partition coefficient (Wildman–Crippen LogP) is 4.77. The molecule has 6 N–H and O–H groups in total. The van der Waals surface area contributed by atoms with Crippen LogP contribution in [0.1, 0.15) is 12.0 Å². The van der Waals surface area contributed by atoms with Gasteiger partial charge in [0.2, 0.25) is 35.7 Å². The van der Waals surface area contributed by atoms with E-state index in [4.69, 9.17) is 9.47 Å². The average molecular weight is 883 g/mol. The summed E-state index contributed by atoms with van der Waals surface area (Å²) in [7, 11) is -11.1. The molecule has 4 heterocycles. The summed E-state index contributed by atoms with van der Waals surface area (Å²) >= 11 is 0. The summed E-state index contributed by atoms with van der Waals surface area (Å²) in [4.78, 5) is 31.2.